The average molecular weight is 450 g/mol. The first-order valence-electron chi connectivity index (χ1n) is 8.79. The highest BCUT2D eigenvalue weighted by atomic mass is 32.2. The van der Waals surface area contributed by atoms with Gasteiger partial charge in [0.25, 0.3) is 16.6 Å². The van der Waals surface area contributed by atoms with Crippen molar-refractivity contribution in [2.75, 3.05) is 13.6 Å². The number of benzene rings is 1. The predicted molar refractivity (Wildman–Crippen MR) is 105 cm³/mol. The number of sulfonamides is 1. The molecule has 0 aliphatic heterocycles. The molecule has 4 nitrogen and oxygen atoms in total. The quantitative estimate of drug-likeness (QED) is 0.544. The highest BCUT2D eigenvalue weighted by Crippen LogP contribution is 2.40. The molecule has 10 heteroatoms. The normalized spacial score (nSPS) is 14.3. The largest absolute Gasteiger partial charge is 0.409 e. The fourth-order valence-corrected chi connectivity index (χ4v) is 5.14. The molecule has 0 aliphatic carbocycles. The van der Waals surface area contributed by atoms with Gasteiger partial charge in [0.05, 0.1) is 0 Å². The monoisotopic (exact) mass is 449 g/mol. The first-order valence-corrected chi connectivity index (χ1v) is 11.0. The van der Waals surface area contributed by atoms with Crippen LogP contribution >= 0.6 is 11.3 Å². The molecule has 0 N–H and O–H groups in total. The molecule has 0 bridgehead atoms. The molecule has 2 atom stereocenters. The fraction of sp³-hybridized carbons (Fsp3) is 0.421. The number of alkyl halides is 3. The van der Waals surface area contributed by atoms with Crippen LogP contribution in [0.3, 0.4) is 0 Å². The highest BCUT2D eigenvalue weighted by molar-refractivity contribution is 7.91. The van der Waals surface area contributed by atoms with Gasteiger partial charge in [-0.15, -0.1) is 11.3 Å². The van der Waals surface area contributed by atoms with Crippen molar-refractivity contribution in [2.24, 2.45) is 5.92 Å². The maximum absolute atomic E-state index is 13.7. The second kappa shape index (κ2) is 9.24. The summed E-state index contributed by atoms with van der Waals surface area (Å²) in [6.07, 6.45) is -3.95. The Morgan fingerprint density at radius 3 is 2.34 bits per heavy atom. The minimum absolute atomic E-state index is 0.252. The van der Waals surface area contributed by atoms with Crippen LogP contribution in [0.1, 0.15) is 36.8 Å². The van der Waals surface area contributed by atoms with Gasteiger partial charge in [-0.05, 0) is 36.2 Å². The van der Waals surface area contributed by atoms with Crippen LogP contribution < -0.4 is 0 Å². The van der Waals surface area contributed by atoms with Crippen molar-refractivity contribution in [3.63, 3.8) is 0 Å². The zero-order valence-corrected chi connectivity index (χ0v) is 17.7. The van der Waals surface area contributed by atoms with Gasteiger partial charge in [0, 0.05) is 13.0 Å². The van der Waals surface area contributed by atoms with Gasteiger partial charge in [-0.2, -0.15) is 17.5 Å². The first kappa shape index (κ1) is 23.3. The lowest BCUT2D eigenvalue weighted by Crippen LogP contribution is -2.39. The third-order valence-corrected chi connectivity index (χ3v) is 7.64. The lowest BCUT2D eigenvalue weighted by molar-refractivity contribution is -0.171. The average Bonchev–Trinajstić information content (AvgIpc) is 3.12. The molecule has 1 aromatic heterocycles. The van der Waals surface area contributed by atoms with Crippen molar-refractivity contribution in [1.29, 1.82) is 0 Å². The molecular formula is C19H21F4N2O2S2+. The van der Waals surface area contributed by atoms with E-state index in [0.717, 1.165) is 49.1 Å². The van der Waals surface area contributed by atoms with Crippen molar-refractivity contribution in [1.82, 2.24) is 4.31 Å². The SMILES string of the molecule is CCC(C)C[N+]#Cc1ccc(S(=O)(=O)N(C)[C@H](c2ccc(F)cc2)C(F)(F)F)s1. The third kappa shape index (κ3) is 5.78. The van der Waals surface area contributed by atoms with Crippen molar-refractivity contribution in [2.45, 2.75) is 36.7 Å². The molecule has 1 unspecified atom stereocenters. The number of halogens is 4. The van der Waals surface area contributed by atoms with E-state index in [-0.39, 0.29) is 14.1 Å². The summed E-state index contributed by atoms with van der Waals surface area (Å²) < 4.78 is 79.7. The molecule has 0 aliphatic rings. The van der Waals surface area contributed by atoms with E-state index in [2.05, 4.69) is 10.9 Å². The molecule has 0 fully saturated rings. The number of rotatable bonds is 6. The van der Waals surface area contributed by atoms with E-state index >= 15 is 0 Å². The van der Waals surface area contributed by atoms with Gasteiger partial charge in [-0.25, -0.2) is 12.8 Å². The van der Waals surface area contributed by atoms with E-state index in [4.69, 9.17) is 0 Å². The molecule has 0 saturated carbocycles. The Labute approximate surface area is 171 Å². The van der Waals surface area contributed by atoms with Crippen LogP contribution in [0.5, 0.6) is 0 Å². The van der Waals surface area contributed by atoms with E-state index in [1.54, 1.807) is 0 Å². The minimum atomic E-state index is -4.89. The Morgan fingerprint density at radius 2 is 1.79 bits per heavy atom. The van der Waals surface area contributed by atoms with Gasteiger partial charge < -0.3 is 0 Å². The molecule has 0 saturated heterocycles. The van der Waals surface area contributed by atoms with Crippen molar-refractivity contribution in [3.05, 3.63) is 57.5 Å². The number of thiophene rings is 1. The van der Waals surface area contributed by atoms with Crippen molar-refractivity contribution < 1.29 is 26.0 Å². The maximum Gasteiger partial charge on any atom is 0.409 e. The Balaban J connectivity index is 2.34. The van der Waals surface area contributed by atoms with E-state index < -0.39 is 28.1 Å². The summed E-state index contributed by atoms with van der Waals surface area (Å²) in [4.78, 5) is 4.53. The minimum Gasteiger partial charge on any atom is -0.207 e. The van der Waals surface area contributed by atoms with E-state index in [1.165, 1.54) is 12.1 Å². The molecule has 29 heavy (non-hydrogen) atoms. The molecule has 158 valence electrons. The third-order valence-electron chi connectivity index (χ3n) is 4.36. The number of hydrogen-bond donors (Lipinski definition) is 0. The Morgan fingerprint density at radius 1 is 1.17 bits per heavy atom. The Bertz CT molecular complexity index is 990. The van der Waals surface area contributed by atoms with Crippen LogP contribution in [-0.4, -0.2) is 32.5 Å². The lowest BCUT2D eigenvalue weighted by Gasteiger charge is -2.29. The van der Waals surface area contributed by atoms with Gasteiger partial charge >= 0.3 is 12.2 Å². The second-order valence-corrected chi connectivity index (χ2v) is 9.91. The molecule has 1 heterocycles. The van der Waals surface area contributed by atoms with Gasteiger partial charge in [-0.1, -0.05) is 30.8 Å². The van der Waals surface area contributed by atoms with Gasteiger partial charge in [0.1, 0.15) is 16.1 Å². The van der Waals surface area contributed by atoms with Crippen molar-refractivity contribution >= 4 is 21.4 Å². The zero-order valence-electron chi connectivity index (χ0n) is 16.1. The van der Waals surface area contributed by atoms with Crippen LogP contribution in [-0.2, 0) is 10.0 Å². The summed E-state index contributed by atoms with van der Waals surface area (Å²) >= 11 is 0.791. The lowest BCUT2D eigenvalue weighted by atomic mass is 10.1. The van der Waals surface area contributed by atoms with E-state index in [0.29, 0.717) is 17.3 Å². The first-order chi connectivity index (χ1) is 13.5. The molecule has 0 radical (unpaired) electrons. The predicted octanol–water partition coefficient (Wildman–Crippen LogP) is 5.54. The summed E-state index contributed by atoms with van der Waals surface area (Å²) in [5.74, 6) is -0.365. The highest BCUT2D eigenvalue weighted by Gasteiger charge is 2.48. The standard InChI is InChI=1S/C19H21F4N2O2S2/c1-4-13(2)11-24-12-16-9-10-17(28-16)29(26,27)25(3)18(19(21,22)23)14-5-7-15(20)8-6-14/h5-10,13,18H,4,11H2,1-3H3/q+1/t13?,18-/m1/s1. The smallest absolute Gasteiger partial charge is 0.207 e. The fourth-order valence-electron chi connectivity index (χ4n) is 2.46. The summed E-state index contributed by atoms with van der Waals surface area (Å²) in [6.45, 7) is 4.55. The molecule has 0 spiro atoms. The summed E-state index contributed by atoms with van der Waals surface area (Å²) in [7, 11) is -3.59. The maximum atomic E-state index is 13.7. The Hall–Kier alpha value is -1.96. The van der Waals surface area contributed by atoms with Crippen molar-refractivity contribution in [3.8, 4) is 6.07 Å². The van der Waals surface area contributed by atoms with Gasteiger partial charge in [0.2, 0.25) is 0 Å². The summed E-state index contributed by atoms with van der Waals surface area (Å²) in [5, 5.41) is 0. The molecular weight excluding hydrogens is 428 g/mol. The van der Waals surface area contributed by atoms with Crippen LogP contribution in [0, 0.1) is 17.8 Å². The van der Waals surface area contributed by atoms with Crippen LogP contribution in [0.15, 0.2) is 40.6 Å². The van der Waals surface area contributed by atoms with Crippen LogP contribution in [0.4, 0.5) is 17.6 Å². The van der Waals surface area contributed by atoms with Crippen LogP contribution in [0.25, 0.3) is 4.85 Å². The van der Waals surface area contributed by atoms with Crippen LogP contribution in [0.2, 0.25) is 0 Å². The molecule has 2 rings (SSSR count). The summed E-state index contributed by atoms with van der Waals surface area (Å²) in [6, 6.07) is 6.55. The van der Waals surface area contributed by atoms with E-state index in [1.807, 2.05) is 13.8 Å². The molecule has 0 amide bonds. The van der Waals surface area contributed by atoms with Gasteiger partial charge in [0.15, 0.2) is 4.88 Å². The van der Waals surface area contributed by atoms with E-state index in [9.17, 15) is 26.0 Å². The Kier molecular flexibility index (Phi) is 7.43. The topological polar surface area (TPSA) is 41.7 Å². The second-order valence-electron chi connectivity index (χ2n) is 6.60. The summed E-state index contributed by atoms with van der Waals surface area (Å²) in [5.41, 5.74) is -0.372. The van der Waals surface area contributed by atoms with Gasteiger partial charge in [-0.3, -0.25) is 0 Å². The number of nitrogens with zero attached hydrogens (tertiary/aromatic N) is 2. The molecule has 2 aromatic rings. The number of hydrogen-bond acceptors (Lipinski definition) is 3. The molecule has 1 aromatic carbocycles. The zero-order chi connectivity index (χ0) is 21.8.